The van der Waals surface area contributed by atoms with Gasteiger partial charge in [0, 0.05) is 21.7 Å². The predicted octanol–water partition coefficient (Wildman–Crippen LogP) is 6.23. The number of carbonyl (C=O) groups excluding carboxylic acids is 1. The summed E-state index contributed by atoms with van der Waals surface area (Å²) in [5.74, 6) is 0.338. The van der Waals surface area contributed by atoms with Crippen LogP contribution in [0.25, 0.3) is 22.0 Å². The van der Waals surface area contributed by atoms with Crippen molar-refractivity contribution in [1.82, 2.24) is 15.6 Å². The Kier molecular flexibility index (Phi) is 6.55. The molecule has 6 nitrogen and oxygen atoms in total. The highest BCUT2D eigenvalue weighted by Gasteiger charge is 2.11. The molecular formula is C28H21ClN4O2. The minimum atomic E-state index is -0.375. The minimum absolute atomic E-state index is 0.314. The maximum absolute atomic E-state index is 12.5. The fraction of sp³-hybridized carbons (Fsp3) is 0.0357. The van der Waals surface area contributed by atoms with E-state index in [0.717, 1.165) is 27.5 Å². The highest BCUT2D eigenvalue weighted by Crippen LogP contribution is 2.23. The van der Waals surface area contributed by atoms with Gasteiger partial charge in [-0.2, -0.15) is 10.2 Å². The van der Waals surface area contributed by atoms with Crippen molar-refractivity contribution >= 4 is 34.5 Å². The molecule has 172 valence electrons. The lowest BCUT2D eigenvalue weighted by Crippen LogP contribution is -2.18. The number of fused-ring (bicyclic) bond motifs is 1. The average Bonchev–Trinajstić information content (AvgIpc) is 3.39. The van der Waals surface area contributed by atoms with Gasteiger partial charge in [-0.1, -0.05) is 72.3 Å². The summed E-state index contributed by atoms with van der Waals surface area (Å²) in [4.78, 5) is 12.5. The van der Waals surface area contributed by atoms with Crippen molar-refractivity contribution in [3.63, 3.8) is 0 Å². The first-order valence-corrected chi connectivity index (χ1v) is 11.4. The number of aromatic amines is 1. The van der Waals surface area contributed by atoms with E-state index < -0.39 is 0 Å². The summed E-state index contributed by atoms with van der Waals surface area (Å²) in [7, 11) is 0. The lowest BCUT2D eigenvalue weighted by Gasteiger charge is -2.08. The number of rotatable bonds is 7. The number of aromatic nitrogens is 2. The van der Waals surface area contributed by atoms with Crippen molar-refractivity contribution in [3.05, 3.63) is 119 Å². The number of amides is 1. The monoisotopic (exact) mass is 480 g/mol. The summed E-state index contributed by atoms with van der Waals surface area (Å²) >= 11 is 6.18. The second kappa shape index (κ2) is 10.2. The fourth-order valence-corrected chi connectivity index (χ4v) is 3.86. The molecule has 35 heavy (non-hydrogen) atoms. The van der Waals surface area contributed by atoms with E-state index in [1.807, 2.05) is 91.0 Å². The van der Waals surface area contributed by atoms with Crippen LogP contribution in [0.2, 0.25) is 5.02 Å². The largest absolute Gasteiger partial charge is 0.489 e. The first-order valence-electron chi connectivity index (χ1n) is 11.0. The summed E-state index contributed by atoms with van der Waals surface area (Å²) in [6.45, 7) is 0.380. The SMILES string of the molecule is O=C(N/N=C\c1cccc2ccccc12)c1cc(-c2ccc(OCc3ccccc3Cl)cc2)n[nH]1. The molecule has 1 heterocycles. The van der Waals surface area contributed by atoms with Crippen LogP contribution in [0.5, 0.6) is 5.75 Å². The number of benzene rings is 4. The fourth-order valence-electron chi connectivity index (χ4n) is 3.67. The van der Waals surface area contributed by atoms with E-state index in [4.69, 9.17) is 16.3 Å². The Labute approximate surface area is 207 Å². The van der Waals surface area contributed by atoms with Gasteiger partial charge in [-0.25, -0.2) is 5.43 Å². The quantitative estimate of drug-likeness (QED) is 0.214. The molecule has 5 rings (SSSR count). The third-order valence-corrected chi connectivity index (χ3v) is 5.89. The van der Waals surface area contributed by atoms with Crippen molar-refractivity contribution in [1.29, 1.82) is 0 Å². The maximum atomic E-state index is 12.5. The van der Waals surface area contributed by atoms with Crippen molar-refractivity contribution in [3.8, 4) is 17.0 Å². The number of hydrogen-bond donors (Lipinski definition) is 2. The van der Waals surface area contributed by atoms with E-state index >= 15 is 0 Å². The summed E-state index contributed by atoms with van der Waals surface area (Å²) in [6, 6.07) is 30.7. The van der Waals surface area contributed by atoms with E-state index in [1.54, 1.807) is 12.3 Å². The Morgan fingerprint density at radius 2 is 1.74 bits per heavy atom. The molecule has 0 spiro atoms. The van der Waals surface area contributed by atoms with Gasteiger partial charge >= 0.3 is 0 Å². The normalized spacial score (nSPS) is 11.1. The van der Waals surface area contributed by atoms with Gasteiger partial charge in [-0.05, 0) is 47.2 Å². The van der Waals surface area contributed by atoms with Crippen molar-refractivity contribution in [2.45, 2.75) is 6.61 Å². The summed E-state index contributed by atoms with van der Waals surface area (Å²) in [6.07, 6.45) is 1.64. The Bertz CT molecular complexity index is 1500. The predicted molar refractivity (Wildman–Crippen MR) is 139 cm³/mol. The molecular weight excluding hydrogens is 460 g/mol. The molecule has 2 N–H and O–H groups in total. The molecule has 0 unspecified atom stereocenters. The highest BCUT2D eigenvalue weighted by atomic mass is 35.5. The van der Waals surface area contributed by atoms with Gasteiger partial charge < -0.3 is 4.74 Å². The van der Waals surface area contributed by atoms with Gasteiger partial charge in [0.2, 0.25) is 0 Å². The Morgan fingerprint density at radius 3 is 2.60 bits per heavy atom. The van der Waals surface area contributed by atoms with Gasteiger partial charge in [-0.15, -0.1) is 0 Å². The Morgan fingerprint density at radius 1 is 0.971 bits per heavy atom. The van der Waals surface area contributed by atoms with Gasteiger partial charge in [0.15, 0.2) is 0 Å². The number of nitrogens with one attached hydrogen (secondary N) is 2. The number of carbonyl (C=O) groups is 1. The number of halogens is 1. The van der Waals surface area contributed by atoms with Crippen molar-refractivity contribution in [2.24, 2.45) is 5.10 Å². The van der Waals surface area contributed by atoms with Crippen LogP contribution in [0.4, 0.5) is 0 Å². The lowest BCUT2D eigenvalue weighted by atomic mass is 10.1. The van der Waals surface area contributed by atoms with Crippen LogP contribution in [0.1, 0.15) is 21.6 Å². The average molecular weight is 481 g/mol. The molecule has 0 fully saturated rings. The van der Waals surface area contributed by atoms with Crippen molar-refractivity contribution < 1.29 is 9.53 Å². The number of hydrazone groups is 1. The van der Waals surface area contributed by atoms with Gasteiger partial charge in [0.1, 0.15) is 18.1 Å². The summed E-state index contributed by atoms with van der Waals surface area (Å²) in [5, 5.41) is 14.0. The first-order chi connectivity index (χ1) is 17.2. The second-order valence-corrected chi connectivity index (χ2v) is 8.25. The topological polar surface area (TPSA) is 79.4 Å². The zero-order valence-corrected chi connectivity index (χ0v) is 19.4. The molecule has 0 bridgehead atoms. The first kappa shape index (κ1) is 22.4. The number of ether oxygens (including phenoxy) is 1. The van der Waals surface area contributed by atoms with Crippen LogP contribution in [-0.2, 0) is 6.61 Å². The third kappa shape index (κ3) is 5.23. The molecule has 0 saturated heterocycles. The second-order valence-electron chi connectivity index (χ2n) is 7.84. The van der Waals surface area contributed by atoms with Crippen LogP contribution < -0.4 is 10.2 Å². The summed E-state index contributed by atoms with van der Waals surface area (Å²) in [5.41, 5.74) is 6.20. The van der Waals surface area contributed by atoms with Crippen LogP contribution in [0.3, 0.4) is 0 Å². The summed E-state index contributed by atoms with van der Waals surface area (Å²) < 4.78 is 5.82. The standard InChI is InChI=1S/C28H21ClN4O2/c29-25-11-4-2-7-22(25)18-35-23-14-12-20(13-15-23)26-16-27(32-31-26)28(34)33-30-17-21-9-5-8-19-6-1-3-10-24(19)21/h1-17H,18H2,(H,31,32)(H,33,34)/b30-17-. The zero-order valence-electron chi connectivity index (χ0n) is 18.6. The molecule has 7 heteroatoms. The van der Waals surface area contributed by atoms with Crippen LogP contribution in [0, 0.1) is 0 Å². The Hall–Kier alpha value is -4.42. The smallest absolute Gasteiger partial charge is 0.289 e. The maximum Gasteiger partial charge on any atom is 0.289 e. The molecule has 1 aromatic heterocycles. The molecule has 0 aliphatic rings. The number of nitrogens with zero attached hydrogens (tertiary/aromatic N) is 2. The molecule has 0 radical (unpaired) electrons. The molecule has 1 amide bonds. The molecule has 0 atom stereocenters. The van der Waals surface area contributed by atoms with Crippen LogP contribution in [0.15, 0.2) is 102 Å². The van der Waals surface area contributed by atoms with E-state index in [2.05, 4.69) is 20.7 Å². The van der Waals surface area contributed by atoms with Gasteiger partial charge in [0.25, 0.3) is 5.91 Å². The highest BCUT2D eigenvalue weighted by molar-refractivity contribution is 6.31. The van der Waals surface area contributed by atoms with E-state index in [-0.39, 0.29) is 5.91 Å². The minimum Gasteiger partial charge on any atom is -0.489 e. The Balaban J connectivity index is 1.21. The van der Waals surface area contributed by atoms with Crippen molar-refractivity contribution in [2.75, 3.05) is 0 Å². The number of hydrogen-bond acceptors (Lipinski definition) is 4. The van der Waals surface area contributed by atoms with E-state index in [1.165, 1.54) is 0 Å². The molecule has 0 saturated carbocycles. The zero-order chi connectivity index (χ0) is 24.0. The molecule has 4 aromatic carbocycles. The number of H-pyrrole nitrogens is 1. The van der Waals surface area contributed by atoms with Gasteiger partial charge in [-0.3, -0.25) is 9.89 Å². The molecule has 0 aliphatic heterocycles. The van der Waals surface area contributed by atoms with E-state index in [9.17, 15) is 4.79 Å². The van der Waals surface area contributed by atoms with Crippen LogP contribution >= 0.6 is 11.6 Å². The van der Waals surface area contributed by atoms with E-state index in [0.29, 0.717) is 28.8 Å². The molecule has 0 aliphatic carbocycles. The molecule has 5 aromatic rings. The van der Waals surface area contributed by atoms with Gasteiger partial charge in [0.05, 0.1) is 11.9 Å². The lowest BCUT2D eigenvalue weighted by molar-refractivity contribution is 0.0950. The third-order valence-electron chi connectivity index (χ3n) is 5.52. The van der Waals surface area contributed by atoms with Crippen LogP contribution in [-0.4, -0.2) is 22.3 Å².